The number of halogens is 2. The summed E-state index contributed by atoms with van der Waals surface area (Å²) < 4.78 is 19.6. The first-order valence-electron chi connectivity index (χ1n) is 5.08. The number of nitrogen functional groups attached to an aromatic ring is 1. The van der Waals surface area contributed by atoms with E-state index in [0.717, 1.165) is 10.8 Å². The van der Waals surface area contributed by atoms with E-state index in [2.05, 4.69) is 4.98 Å². The third-order valence-electron chi connectivity index (χ3n) is 2.68. The maximum Gasteiger partial charge on any atom is 0.351 e. The summed E-state index contributed by atoms with van der Waals surface area (Å²) in [4.78, 5) is 14.9. The van der Waals surface area contributed by atoms with Gasteiger partial charge in [0.2, 0.25) is 0 Å². The molecule has 7 nitrogen and oxygen atoms in total. The van der Waals surface area contributed by atoms with Crippen LogP contribution in [0, 0.1) is 0 Å². The Bertz CT molecular complexity index is 511. The van der Waals surface area contributed by atoms with Gasteiger partial charge in [-0.25, -0.2) is 9.18 Å². The molecule has 2 heterocycles. The molecule has 9 heteroatoms. The van der Waals surface area contributed by atoms with Crippen LogP contribution in [-0.4, -0.2) is 44.8 Å². The molecule has 0 aromatic carbocycles. The predicted molar refractivity (Wildman–Crippen MR) is 59.8 cm³/mol. The van der Waals surface area contributed by atoms with Crippen molar-refractivity contribution in [1.82, 2.24) is 9.55 Å². The fourth-order valence-electron chi connectivity index (χ4n) is 1.72. The third kappa shape index (κ3) is 2.07. The molecule has 0 aliphatic carbocycles. The maximum atomic E-state index is 13.8. The minimum absolute atomic E-state index is 0.0349. The highest BCUT2D eigenvalue weighted by Crippen LogP contribution is 2.31. The monoisotopic (exact) mass is 279 g/mol. The smallest absolute Gasteiger partial charge is 0.351 e. The molecule has 0 amide bonds. The van der Waals surface area contributed by atoms with Crippen LogP contribution in [0.4, 0.5) is 10.2 Å². The molecule has 1 saturated heterocycles. The number of aromatic nitrogens is 2. The first kappa shape index (κ1) is 13.2. The highest BCUT2D eigenvalue weighted by molar-refractivity contribution is 6.32. The fraction of sp³-hybridized carbons (Fsp3) is 0.556. The molecule has 4 atom stereocenters. The zero-order chi connectivity index (χ0) is 13.4. The number of aliphatic hydroxyl groups excluding tert-OH is 2. The molecule has 2 rings (SSSR count). The molecule has 2 unspecified atom stereocenters. The Morgan fingerprint density at radius 3 is 2.89 bits per heavy atom. The van der Waals surface area contributed by atoms with E-state index in [-0.39, 0.29) is 10.8 Å². The van der Waals surface area contributed by atoms with E-state index >= 15 is 0 Å². The molecule has 100 valence electrons. The zero-order valence-corrected chi connectivity index (χ0v) is 9.79. The number of nitrogens with two attached hydrogens (primary N) is 1. The summed E-state index contributed by atoms with van der Waals surface area (Å²) in [6.45, 7) is -0.566. The van der Waals surface area contributed by atoms with Crippen LogP contribution >= 0.6 is 11.6 Å². The first-order chi connectivity index (χ1) is 8.45. The van der Waals surface area contributed by atoms with E-state index in [0.29, 0.717) is 0 Å². The number of nitrogens with zero attached hydrogens (tertiary/aromatic N) is 2. The molecule has 4 N–H and O–H groups in total. The van der Waals surface area contributed by atoms with Crippen molar-refractivity contribution in [2.45, 2.75) is 24.6 Å². The topological polar surface area (TPSA) is 111 Å². The van der Waals surface area contributed by atoms with Crippen molar-refractivity contribution >= 4 is 17.4 Å². The average Bonchev–Trinajstić information content (AvgIpc) is 2.61. The second-order valence-corrected chi connectivity index (χ2v) is 4.25. The Kier molecular flexibility index (Phi) is 3.53. The van der Waals surface area contributed by atoms with Gasteiger partial charge in [0.05, 0.1) is 11.6 Å². The van der Waals surface area contributed by atoms with Gasteiger partial charge in [0, 0.05) is 6.20 Å². The van der Waals surface area contributed by atoms with Gasteiger partial charge in [-0.1, -0.05) is 11.6 Å². The molecule has 0 saturated carbocycles. The lowest BCUT2D eigenvalue weighted by Crippen LogP contribution is -2.33. The van der Waals surface area contributed by atoms with E-state index in [4.69, 9.17) is 27.2 Å². The zero-order valence-electron chi connectivity index (χ0n) is 9.03. The molecule has 1 aliphatic heterocycles. The largest absolute Gasteiger partial charge is 0.394 e. The molecule has 1 aliphatic rings. The lowest BCUT2D eigenvalue weighted by Gasteiger charge is -2.16. The number of alkyl halides is 1. The molecular formula is C9H11ClFN3O4. The summed E-state index contributed by atoms with van der Waals surface area (Å²) in [5.74, 6) is -0.175. The van der Waals surface area contributed by atoms with E-state index < -0.39 is 36.9 Å². The Morgan fingerprint density at radius 2 is 2.33 bits per heavy atom. The van der Waals surface area contributed by atoms with Crippen molar-refractivity contribution in [3.8, 4) is 0 Å². The van der Waals surface area contributed by atoms with Gasteiger partial charge < -0.3 is 20.7 Å². The molecular weight excluding hydrogens is 269 g/mol. The predicted octanol–water partition coefficient (Wildman–Crippen LogP) is -0.932. The molecule has 0 radical (unpaired) electrons. The Balaban J connectivity index is 2.39. The van der Waals surface area contributed by atoms with E-state index in [1.54, 1.807) is 0 Å². The van der Waals surface area contributed by atoms with Crippen LogP contribution in [0.2, 0.25) is 5.02 Å². The van der Waals surface area contributed by atoms with Gasteiger partial charge in [-0.2, -0.15) is 4.98 Å². The van der Waals surface area contributed by atoms with Crippen molar-refractivity contribution in [3.05, 3.63) is 21.7 Å². The van der Waals surface area contributed by atoms with Crippen LogP contribution in [-0.2, 0) is 4.74 Å². The van der Waals surface area contributed by atoms with Gasteiger partial charge >= 0.3 is 5.69 Å². The molecule has 1 fully saturated rings. The standard InChI is InChI=1S/C9H11ClFN3O4/c10-3-1-14(9(17)13-7(3)12)8-5(11)6(16)4(2-15)18-8/h1,4-6,8,15-16H,2H2,(H2,12,13,17)/t4-,5?,6?,8-/m1/s1. The van der Waals surface area contributed by atoms with E-state index in [1.807, 2.05) is 0 Å². The van der Waals surface area contributed by atoms with Crippen LogP contribution in [0.25, 0.3) is 0 Å². The number of hydrogen-bond donors (Lipinski definition) is 3. The lowest BCUT2D eigenvalue weighted by molar-refractivity contribution is -0.0490. The average molecular weight is 280 g/mol. The van der Waals surface area contributed by atoms with Gasteiger partial charge in [0.15, 0.2) is 12.4 Å². The summed E-state index contributed by atoms with van der Waals surface area (Å²) in [6.07, 6.45) is -4.82. The fourth-order valence-corrected chi connectivity index (χ4v) is 1.87. The second-order valence-electron chi connectivity index (χ2n) is 3.85. The van der Waals surface area contributed by atoms with Crippen molar-refractivity contribution in [2.24, 2.45) is 0 Å². The highest BCUT2D eigenvalue weighted by atomic mass is 35.5. The van der Waals surface area contributed by atoms with Crippen molar-refractivity contribution < 1.29 is 19.3 Å². The molecule has 0 bridgehead atoms. The van der Waals surface area contributed by atoms with E-state index in [9.17, 15) is 14.3 Å². The molecule has 18 heavy (non-hydrogen) atoms. The maximum absolute atomic E-state index is 13.8. The minimum Gasteiger partial charge on any atom is -0.394 e. The number of ether oxygens (including phenoxy) is 1. The van der Waals surface area contributed by atoms with Crippen molar-refractivity contribution in [3.63, 3.8) is 0 Å². The number of anilines is 1. The lowest BCUT2D eigenvalue weighted by atomic mass is 10.1. The van der Waals surface area contributed by atoms with Crippen molar-refractivity contribution in [1.29, 1.82) is 0 Å². The summed E-state index contributed by atoms with van der Waals surface area (Å²) in [5.41, 5.74) is 4.47. The minimum atomic E-state index is -1.87. The summed E-state index contributed by atoms with van der Waals surface area (Å²) >= 11 is 5.68. The quantitative estimate of drug-likeness (QED) is 0.645. The number of rotatable bonds is 2. The Hall–Kier alpha value is -1.22. The summed E-state index contributed by atoms with van der Waals surface area (Å²) in [7, 11) is 0. The van der Waals surface area contributed by atoms with E-state index in [1.165, 1.54) is 0 Å². The molecule has 1 aromatic rings. The summed E-state index contributed by atoms with van der Waals surface area (Å²) in [6, 6.07) is 0. The van der Waals surface area contributed by atoms with Crippen LogP contribution in [0.15, 0.2) is 11.0 Å². The van der Waals surface area contributed by atoms with Crippen LogP contribution < -0.4 is 11.4 Å². The van der Waals surface area contributed by atoms with Gasteiger partial charge in [-0.15, -0.1) is 0 Å². The number of hydrogen-bond acceptors (Lipinski definition) is 6. The van der Waals surface area contributed by atoms with Crippen LogP contribution in [0.5, 0.6) is 0 Å². The van der Waals surface area contributed by atoms with Gasteiger partial charge in [0.1, 0.15) is 18.0 Å². The van der Waals surface area contributed by atoms with Gasteiger partial charge in [-0.3, -0.25) is 4.57 Å². The summed E-state index contributed by atoms with van der Waals surface area (Å²) in [5, 5.41) is 18.3. The molecule has 1 aromatic heterocycles. The highest BCUT2D eigenvalue weighted by Gasteiger charge is 2.45. The Morgan fingerprint density at radius 1 is 1.67 bits per heavy atom. The van der Waals surface area contributed by atoms with Gasteiger partial charge in [0.25, 0.3) is 0 Å². The third-order valence-corrected chi connectivity index (χ3v) is 2.97. The normalized spacial score (nSPS) is 31.8. The Labute approximate surface area is 106 Å². The first-order valence-corrected chi connectivity index (χ1v) is 5.46. The SMILES string of the molecule is Nc1nc(=O)n([C@@H]2O[C@H](CO)C(O)C2F)cc1Cl. The van der Waals surface area contributed by atoms with Crippen LogP contribution in [0.3, 0.4) is 0 Å². The molecule has 0 spiro atoms. The second kappa shape index (κ2) is 4.81. The van der Waals surface area contributed by atoms with Gasteiger partial charge in [-0.05, 0) is 0 Å². The van der Waals surface area contributed by atoms with Crippen LogP contribution in [0.1, 0.15) is 6.23 Å². The number of aliphatic hydroxyl groups is 2. The van der Waals surface area contributed by atoms with Crippen molar-refractivity contribution in [2.75, 3.05) is 12.3 Å².